The molecule has 0 aromatic heterocycles. The molecule has 1 atom stereocenters. The molecule has 0 spiro atoms. The molecular formula is C17H23F2N3O3S. The van der Waals surface area contributed by atoms with Crippen LogP contribution in [0.15, 0.2) is 23.1 Å². The average Bonchev–Trinajstić information content (AvgIpc) is 2.65. The number of nitrogens with zero attached hydrogens (tertiary/aromatic N) is 1. The molecule has 0 aliphatic carbocycles. The van der Waals surface area contributed by atoms with Crippen molar-refractivity contribution in [2.75, 3.05) is 26.2 Å². The highest BCUT2D eigenvalue weighted by Gasteiger charge is 2.33. The number of carbonyl (C=O) groups excluding carboxylic acids is 1. The summed E-state index contributed by atoms with van der Waals surface area (Å²) in [6.07, 6.45) is 2.79. The van der Waals surface area contributed by atoms with E-state index in [9.17, 15) is 22.0 Å². The topological polar surface area (TPSA) is 78.5 Å². The van der Waals surface area contributed by atoms with Crippen molar-refractivity contribution in [3.05, 3.63) is 29.8 Å². The summed E-state index contributed by atoms with van der Waals surface area (Å²) in [5.74, 6) is -2.55. The maximum Gasteiger partial charge on any atom is 0.243 e. The lowest BCUT2D eigenvalue weighted by Gasteiger charge is -2.32. The molecule has 2 saturated heterocycles. The van der Waals surface area contributed by atoms with Gasteiger partial charge in [-0.2, -0.15) is 4.31 Å². The summed E-state index contributed by atoms with van der Waals surface area (Å²) >= 11 is 0. The maximum absolute atomic E-state index is 13.4. The minimum absolute atomic E-state index is 0.0384. The summed E-state index contributed by atoms with van der Waals surface area (Å²) in [6.45, 7) is 2.09. The van der Waals surface area contributed by atoms with Gasteiger partial charge in [0.05, 0.1) is 4.90 Å². The third-order valence-corrected chi connectivity index (χ3v) is 6.89. The van der Waals surface area contributed by atoms with E-state index < -0.39 is 21.7 Å². The first-order valence-corrected chi connectivity index (χ1v) is 10.3. The van der Waals surface area contributed by atoms with Crippen molar-refractivity contribution in [2.24, 2.45) is 5.92 Å². The van der Waals surface area contributed by atoms with Crippen LogP contribution < -0.4 is 10.6 Å². The normalized spacial score (nSPS) is 22.9. The number of sulfonamides is 1. The van der Waals surface area contributed by atoms with Crippen LogP contribution in [0.1, 0.15) is 25.7 Å². The van der Waals surface area contributed by atoms with Crippen molar-refractivity contribution in [3.63, 3.8) is 0 Å². The Bertz CT molecular complexity index is 759. The maximum atomic E-state index is 13.4. The highest BCUT2D eigenvalue weighted by Crippen LogP contribution is 2.25. The van der Waals surface area contributed by atoms with Crippen LogP contribution in [-0.4, -0.2) is 50.9 Å². The summed E-state index contributed by atoms with van der Waals surface area (Å²) in [5, 5.41) is 6.26. The fraction of sp³-hybridized carbons (Fsp3) is 0.588. The van der Waals surface area contributed by atoms with Gasteiger partial charge in [-0.05, 0) is 50.4 Å². The molecule has 2 fully saturated rings. The Morgan fingerprint density at radius 2 is 1.88 bits per heavy atom. The fourth-order valence-corrected chi connectivity index (χ4v) is 4.92. The van der Waals surface area contributed by atoms with E-state index >= 15 is 0 Å². The molecule has 2 aliphatic rings. The number of hydrogen-bond acceptors (Lipinski definition) is 4. The van der Waals surface area contributed by atoms with Crippen molar-refractivity contribution in [1.29, 1.82) is 0 Å². The van der Waals surface area contributed by atoms with Gasteiger partial charge < -0.3 is 10.6 Å². The Kier molecular flexibility index (Phi) is 5.89. The van der Waals surface area contributed by atoms with Gasteiger partial charge in [0, 0.05) is 31.6 Å². The van der Waals surface area contributed by atoms with Gasteiger partial charge in [-0.3, -0.25) is 4.79 Å². The molecule has 6 nitrogen and oxygen atoms in total. The third kappa shape index (κ3) is 4.21. The van der Waals surface area contributed by atoms with Crippen molar-refractivity contribution in [1.82, 2.24) is 14.9 Å². The van der Waals surface area contributed by atoms with Crippen molar-refractivity contribution >= 4 is 15.9 Å². The number of amides is 1. The van der Waals surface area contributed by atoms with Crippen LogP contribution in [0.4, 0.5) is 8.78 Å². The Hall–Kier alpha value is -1.58. The van der Waals surface area contributed by atoms with Crippen LogP contribution in [0.3, 0.4) is 0 Å². The standard InChI is InChI=1S/C17H23F2N3O3S/c18-15-4-3-14(10-16(15)19)26(24,25)22-8-5-12(6-9-22)17(23)21-13-2-1-7-20-11-13/h3-4,10,12-13,20H,1-2,5-9,11H2,(H,21,23)/t13-/m0/s1. The molecule has 1 amide bonds. The smallest absolute Gasteiger partial charge is 0.243 e. The second-order valence-electron chi connectivity index (χ2n) is 6.81. The number of nitrogens with one attached hydrogen (secondary N) is 2. The summed E-state index contributed by atoms with van der Waals surface area (Å²) in [6, 6.07) is 2.68. The van der Waals surface area contributed by atoms with E-state index in [1.54, 1.807) is 0 Å². The first kappa shape index (κ1) is 19.2. The van der Waals surface area contributed by atoms with Crippen LogP contribution >= 0.6 is 0 Å². The van der Waals surface area contributed by atoms with Crippen LogP contribution in [-0.2, 0) is 14.8 Å². The summed E-state index contributed by atoms with van der Waals surface area (Å²) in [5.41, 5.74) is 0. The molecule has 1 aromatic carbocycles. The van der Waals surface area contributed by atoms with Gasteiger partial charge >= 0.3 is 0 Å². The quantitative estimate of drug-likeness (QED) is 0.815. The third-order valence-electron chi connectivity index (χ3n) is 5.00. The zero-order valence-corrected chi connectivity index (χ0v) is 15.2. The van der Waals surface area contributed by atoms with E-state index in [0.29, 0.717) is 18.9 Å². The van der Waals surface area contributed by atoms with Gasteiger partial charge in [0.1, 0.15) is 0 Å². The van der Waals surface area contributed by atoms with Crippen molar-refractivity contribution in [3.8, 4) is 0 Å². The summed E-state index contributed by atoms with van der Waals surface area (Å²) < 4.78 is 52.8. The minimum atomic E-state index is -3.89. The number of piperidine rings is 2. The molecule has 0 saturated carbocycles. The molecule has 3 rings (SSSR count). The summed E-state index contributed by atoms with van der Waals surface area (Å²) in [7, 11) is -3.89. The fourth-order valence-electron chi connectivity index (χ4n) is 3.44. The predicted octanol–water partition coefficient (Wildman–Crippen LogP) is 1.23. The zero-order chi connectivity index (χ0) is 18.7. The first-order valence-electron chi connectivity index (χ1n) is 8.84. The Labute approximate surface area is 152 Å². The lowest BCUT2D eigenvalue weighted by molar-refractivity contribution is -0.126. The molecule has 9 heteroatoms. The lowest BCUT2D eigenvalue weighted by Crippen LogP contribution is -2.49. The largest absolute Gasteiger partial charge is 0.352 e. The van der Waals surface area contributed by atoms with Crippen LogP contribution in [0.5, 0.6) is 0 Å². The Morgan fingerprint density at radius 3 is 2.50 bits per heavy atom. The zero-order valence-electron chi connectivity index (χ0n) is 14.4. The SMILES string of the molecule is O=C(N[C@H]1CCCNC1)C1CCN(S(=O)(=O)c2ccc(F)c(F)c2)CC1. The van der Waals surface area contributed by atoms with Crippen LogP contribution in [0, 0.1) is 17.6 Å². The van der Waals surface area contributed by atoms with E-state index in [1.165, 1.54) is 4.31 Å². The highest BCUT2D eigenvalue weighted by atomic mass is 32.2. The van der Waals surface area contributed by atoms with Gasteiger partial charge in [-0.15, -0.1) is 0 Å². The molecule has 2 heterocycles. The van der Waals surface area contributed by atoms with Crippen molar-refractivity contribution in [2.45, 2.75) is 36.6 Å². The monoisotopic (exact) mass is 387 g/mol. The number of carbonyl (C=O) groups is 1. The second-order valence-corrected chi connectivity index (χ2v) is 8.74. The number of hydrogen-bond donors (Lipinski definition) is 2. The molecule has 2 N–H and O–H groups in total. The molecule has 1 aromatic rings. The van der Waals surface area contributed by atoms with Gasteiger partial charge in [-0.25, -0.2) is 17.2 Å². The first-order chi connectivity index (χ1) is 12.4. The Balaban J connectivity index is 1.58. The molecular weight excluding hydrogens is 364 g/mol. The number of rotatable bonds is 4. The molecule has 0 unspecified atom stereocenters. The van der Waals surface area contributed by atoms with E-state index in [2.05, 4.69) is 10.6 Å². The van der Waals surface area contributed by atoms with Crippen LogP contribution in [0.2, 0.25) is 0 Å². The van der Waals surface area contributed by atoms with Crippen molar-refractivity contribution < 1.29 is 22.0 Å². The predicted molar refractivity (Wildman–Crippen MR) is 91.9 cm³/mol. The molecule has 0 bridgehead atoms. The molecule has 0 radical (unpaired) electrons. The summed E-state index contributed by atoms with van der Waals surface area (Å²) in [4.78, 5) is 12.1. The van der Waals surface area contributed by atoms with Gasteiger partial charge in [0.15, 0.2) is 11.6 Å². The minimum Gasteiger partial charge on any atom is -0.352 e. The second kappa shape index (κ2) is 7.98. The molecule has 26 heavy (non-hydrogen) atoms. The lowest BCUT2D eigenvalue weighted by atomic mass is 9.96. The Morgan fingerprint density at radius 1 is 1.15 bits per heavy atom. The number of halogens is 2. The van der Waals surface area contributed by atoms with E-state index in [0.717, 1.165) is 38.1 Å². The van der Waals surface area contributed by atoms with E-state index in [1.807, 2.05) is 0 Å². The average molecular weight is 387 g/mol. The molecule has 2 aliphatic heterocycles. The molecule has 144 valence electrons. The van der Waals surface area contributed by atoms with Gasteiger partial charge in [-0.1, -0.05) is 0 Å². The van der Waals surface area contributed by atoms with Gasteiger partial charge in [0.2, 0.25) is 15.9 Å². The highest BCUT2D eigenvalue weighted by molar-refractivity contribution is 7.89. The van der Waals surface area contributed by atoms with Crippen LogP contribution in [0.25, 0.3) is 0 Å². The van der Waals surface area contributed by atoms with E-state index in [-0.39, 0.29) is 35.9 Å². The van der Waals surface area contributed by atoms with E-state index in [4.69, 9.17) is 0 Å². The number of benzene rings is 1. The van der Waals surface area contributed by atoms with Gasteiger partial charge in [0.25, 0.3) is 0 Å².